The number of amides is 1. The molecule has 3 rings (SSSR count). The van der Waals surface area contributed by atoms with Crippen molar-refractivity contribution in [3.63, 3.8) is 0 Å². The molecule has 0 bridgehead atoms. The first-order valence-corrected chi connectivity index (χ1v) is 8.96. The molecule has 6 nitrogen and oxygen atoms in total. The van der Waals surface area contributed by atoms with Crippen LogP contribution >= 0.6 is 12.4 Å². The van der Waals surface area contributed by atoms with Gasteiger partial charge in [0.2, 0.25) is 15.9 Å². The predicted molar refractivity (Wildman–Crippen MR) is 91.6 cm³/mol. The smallest absolute Gasteiger partial charge is 0.243 e. The maximum absolute atomic E-state index is 12.8. The van der Waals surface area contributed by atoms with E-state index < -0.39 is 10.0 Å². The van der Waals surface area contributed by atoms with Crippen molar-refractivity contribution in [3.05, 3.63) is 23.8 Å². The Hall–Kier alpha value is -1.15. The van der Waals surface area contributed by atoms with E-state index in [1.54, 1.807) is 17.0 Å². The number of fused-ring (bicyclic) bond motifs is 1. The van der Waals surface area contributed by atoms with Crippen LogP contribution in [0, 0.1) is 0 Å². The number of anilines is 1. The largest absolute Gasteiger partial charge is 0.316 e. The number of carbonyl (C=O) groups excluding carboxylic acids is 1. The molecule has 2 heterocycles. The molecule has 128 valence electrons. The monoisotopic (exact) mass is 359 g/mol. The molecule has 0 spiro atoms. The topological polar surface area (TPSA) is 69.7 Å². The summed E-state index contributed by atoms with van der Waals surface area (Å²) in [5.74, 6) is -0.0512. The molecule has 1 N–H and O–H groups in total. The van der Waals surface area contributed by atoms with E-state index in [1.165, 1.54) is 11.2 Å². The summed E-state index contributed by atoms with van der Waals surface area (Å²) in [6.45, 7) is 3.15. The van der Waals surface area contributed by atoms with Crippen LogP contribution in [-0.4, -0.2) is 51.4 Å². The van der Waals surface area contributed by atoms with Crippen LogP contribution in [0.3, 0.4) is 0 Å². The van der Waals surface area contributed by atoms with Crippen molar-refractivity contribution < 1.29 is 13.2 Å². The van der Waals surface area contributed by atoms with E-state index in [0.29, 0.717) is 19.6 Å². The Bertz CT molecular complexity index is 708. The van der Waals surface area contributed by atoms with Gasteiger partial charge in [-0.25, -0.2) is 8.42 Å². The molecule has 0 radical (unpaired) electrons. The molecule has 1 saturated heterocycles. The van der Waals surface area contributed by atoms with Gasteiger partial charge in [-0.1, -0.05) is 6.07 Å². The highest BCUT2D eigenvalue weighted by atomic mass is 35.5. The summed E-state index contributed by atoms with van der Waals surface area (Å²) >= 11 is 0. The zero-order valence-electron chi connectivity index (χ0n) is 13.3. The highest BCUT2D eigenvalue weighted by Crippen LogP contribution is 2.32. The molecule has 1 atom stereocenters. The van der Waals surface area contributed by atoms with Gasteiger partial charge in [-0.3, -0.25) is 4.79 Å². The van der Waals surface area contributed by atoms with Crippen LogP contribution in [0.25, 0.3) is 0 Å². The quantitative estimate of drug-likeness (QED) is 0.874. The molecule has 0 aromatic heterocycles. The second-order valence-electron chi connectivity index (χ2n) is 5.85. The number of nitrogens with one attached hydrogen (secondary N) is 1. The predicted octanol–water partition coefficient (Wildman–Crippen LogP) is 1.000. The van der Waals surface area contributed by atoms with E-state index in [2.05, 4.69) is 5.32 Å². The second-order valence-corrected chi connectivity index (χ2v) is 7.79. The SMILES string of the molecule is CNC1CCN(S(=O)(=O)c2ccc3c(c2)N(C(C)=O)CC3)C1.Cl. The lowest BCUT2D eigenvalue weighted by molar-refractivity contribution is -0.116. The highest BCUT2D eigenvalue weighted by Gasteiger charge is 2.33. The van der Waals surface area contributed by atoms with Crippen LogP contribution in [0.5, 0.6) is 0 Å². The molecule has 8 heteroatoms. The lowest BCUT2D eigenvalue weighted by Crippen LogP contribution is -2.33. The van der Waals surface area contributed by atoms with Gasteiger partial charge in [0.1, 0.15) is 0 Å². The van der Waals surface area contributed by atoms with Crippen LogP contribution in [0.4, 0.5) is 5.69 Å². The number of benzene rings is 1. The fourth-order valence-corrected chi connectivity index (χ4v) is 4.70. The molecule has 1 fully saturated rings. The Labute approximate surface area is 143 Å². The molecule has 1 aromatic rings. The van der Waals surface area contributed by atoms with E-state index in [0.717, 1.165) is 24.1 Å². The van der Waals surface area contributed by atoms with Gasteiger partial charge in [-0.15, -0.1) is 12.4 Å². The first kappa shape index (κ1) is 18.2. The van der Waals surface area contributed by atoms with Crippen LogP contribution in [-0.2, 0) is 21.2 Å². The second kappa shape index (κ2) is 6.76. The third-order valence-corrected chi connectivity index (χ3v) is 6.39. The molecule has 1 unspecified atom stereocenters. The van der Waals surface area contributed by atoms with Gasteiger partial charge in [-0.05, 0) is 37.6 Å². The van der Waals surface area contributed by atoms with E-state index in [1.807, 2.05) is 13.1 Å². The maximum Gasteiger partial charge on any atom is 0.243 e. The molecule has 2 aliphatic rings. The van der Waals surface area contributed by atoms with Gasteiger partial charge < -0.3 is 10.2 Å². The average Bonchev–Trinajstić information content (AvgIpc) is 3.13. The standard InChI is InChI=1S/C15H21N3O3S.ClH/c1-11(19)18-8-5-12-3-4-14(9-15(12)18)22(20,21)17-7-6-13(10-17)16-2;/h3-4,9,13,16H,5-8,10H2,1-2H3;1H. The summed E-state index contributed by atoms with van der Waals surface area (Å²) in [5.41, 5.74) is 1.77. The first-order chi connectivity index (χ1) is 10.4. The van der Waals surface area contributed by atoms with Gasteiger partial charge >= 0.3 is 0 Å². The van der Waals surface area contributed by atoms with Crippen molar-refractivity contribution >= 4 is 34.0 Å². The minimum absolute atomic E-state index is 0. The zero-order valence-corrected chi connectivity index (χ0v) is 14.9. The fraction of sp³-hybridized carbons (Fsp3) is 0.533. The van der Waals surface area contributed by atoms with E-state index in [9.17, 15) is 13.2 Å². The van der Waals surface area contributed by atoms with Gasteiger partial charge in [0.05, 0.1) is 4.90 Å². The third-order valence-electron chi connectivity index (χ3n) is 4.53. The summed E-state index contributed by atoms with van der Waals surface area (Å²) in [6, 6.07) is 5.34. The van der Waals surface area contributed by atoms with Gasteiger partial charge in [0.25, 0.3) is 0 Å². The Morgan fingerprint density at radius 2 is 2.04 bits per heavy atom. The third kappa shape index (κ3) is 3.24. The van der Waals surface area contributed by atoms with Crippen molar-refractivity contribution in [2.45, 2.75) is 30.7 Å². The number of rotatable bonds is 3. The van der Waals surface area contributed by atoms with Crippen LogP contribution < -0.4 is 10.2 Å². The molecule has 1 aromatic carbocycles. The van der Waals surface area contributed by atoms with Crippen LogP contribution in [0.2, 0.25) is 0 Å². The Morgan fingerprint density at radius 3 is 2.65 bits per heavy atom. The molecule has 0 saturated carbocycles. The summed E-state index contributed by atoms with van der Waals surface area (Å²) in [7, 11) is -1.65. The zero-order chi connectivity index (χ0) is 15.9. The van der Waals surface area contributed by atoms with E-state index in [4.69, 9.17) is 0 Å². The number of sulfonamides is 1. The molecule has 2 aliphatic heterocycles. The molecule has 1 amide bonds. The summed E-state index contributed by atoms with van der Waals surface area (Å²) in [5, 5.41) is 3.12. The normalized spacial score (nSPS) is 21.1. The Balaban J connectivity index is 0.00000192. The minimum atomic E-state index is -3.50. The van der Waals surface area contributed by atoms with Crippen molar-refractivity contribution in [2.75, 3.05) is 31.6 Å². The number of hydrogen-bond donors (Lipinski definition) is 1. The van der Waals surface area contributed by atoms with Gasteiger partial charge in [0.15, 0.2) is 0 Å². The summed E-state index contributed by atoms with van der Waals surface area (Å²) in [4.78, 5) is 13.6. The first-order valence-electron chi connectivity index (χ1n) is 7.52. The maximum atomic E-state index is 12.8. The number of nitrogens with zero attached hydrogens (tertiary/aromatic N) is 2. The van der Waals surface area contributed by atoms with Crippen molar-refractivity contribution in [1.29, 1.82) is 0 Å². The Kier molecular flexibility index (Phi) is 5.35. The molecule has 0 aliphatic carbocycles. The molecular weight excluding hydrogens is 338 g/mol. The van der Waals surface area contributed by atoms with Gasteiger partial charge in [0, 0.05) is 38.3 Å². The van der Waals surface area contributed by atoms with Gasteiger partial charge in [-0.2, -0.15) is 4.31 Å². The van der Waals surface area contributed by atoms with Crippen LogP contribution in [0.15, 0.2) is 23.1 Å². The Morgan fingerprint density at radius 1 is 1.30 bits per heavy atom. The number of hydrogen-bond acceptors (Lipinski definition) is 4. The average molecular weight is 360 g/mol. The van der Waals surface area contributed by atoms with Crippen LogP contribution in [0.1, 0.15) is 18.9 Å². The summed E-state index contributed by atoms with van der Waals surface area (Å²) in [6.07, 6.45) is 1.60. The minimum Gasteiger partial charge on any atom is -0.316 e. The number of halogens is 1. The highest BCUT2D eigenvalue weighted by molar-refractivity contribution is 7.89. The molecule has 23 heavy (non-hydrogen) atoms. The van der Waals surface area contributed by atoms with E-state index in [-0.39, 0.29) is 29.3 Å². The number of carbonyl (C=O) groups is 1. The van der Waals surface area contributed by atoms with Crippen molar-refractivity contribution in [3.8, 4) is 0 Å². The summed E-state index contributed by atoms with van der Waals surface area (Å²) < 4.78 is 27.1. The molecular formula is C15H22ClN3O3S. The lowest BCUT2D eigenvalue weighted by atomic mass is 10.2. The van der Waals surface area contributed by atoms with E-state index >= 15 is 0 Å². The number of likely N-dealkylation sites (N-methyl/N-ethyl adjacent to an activating group) is 1. The van der Waals surface area contributed by atoms with Crippen molar-refractivity contribution in [2.24, 2.45) is 0 Å². The fourth-order valence-electron chi connectivity index (χ4n) is 3.18. The van der Waals surface area contributed by atoms with Crippen molar-refractivity contribution in [1.82, 2.24) is 9.62 Å². The lowest BCUT2D eigenvalue weighted by Gasteiger charge is -2.19.